The predicted octanol–water partition coefficient (Wildman–Crippen LogP) is 3.39. The third kappa shape index (κ3) is 1.50. The Labute approximate surface area is 94.3 Å². The number of aryl methyl sites for hydroxylation is 1. The molecule has 0 fully saturated rings. The zero-order chi connectivity index (χ0) is 11.7. The van der Waals surface area contributed by atoms with Gasteiger partial charge >= 0.3 is 0 Å². The molecule has 0 radical (unpaired) electrons. The Balaban J connectivity index is 2.68. The Hall–Kier alpha value is -2.05. The molecule has 0 aliphatic carbocycles. The molecule has 1 N–H and O–H groups in total. The van der Waals surface area contributed by atoms with Crippen molar-refractivity contribution in [2.24, 2.45) is 0 Å². The van der Waals surface area contributed by atoms with Crippen molar-refractivity contribution in [1.82, 2.24) is 4.98 Å². The van der Waals surface area contributed by atoms with E-state index in [9.17, 15) is 4.79 Å². The number of hydrogen-bond acceptors (Lipinski definition) is 1. The molecule has 0 aliphatic rings. The van der Waals surface area contributed by atoms with Crippen LogP contribution in [-0.4, -0.2) is 10.8 Å². The number of aromatic amines is 1. The van der Waals surface area contributed by atoms with E-state index in [-0.39, 0.29) is 5.78 Å². The summed E-state index contributed by atoms with van der Waals surface area (Å²) in [5.41, 5.74) is 6.02. The van der Waals surface area contributed by atoms with Crippen LogP contribution in [0.1, 0.15) is 22.8 Å². The molecule has 2 nitrogen and oxygen atoms in total. The first-order chi connectivity index (χ1) is 7.65. The van der Waals surface area contributed by atoms with Crippen molar-refractivity contribution < 1.29 is 4.79 Å². The molecule has 1 heterocycles. The summed E-state index contributed by atoms with van der Waals surface area (Å²) in [6, 6.07) is 5.92. The van der Waals surface area contributed by atoms with Gasteiger partial charge in [-0.05, 0) is 19.4 Å². The number of fused-ring (bicyclic) bond motifs is 1. The van der Waals surface area contributed by atoms with Gasteiger partial charge in [0.2, 0.25) is 0 Å². The number of para-hydroxylation sites is 1. The molecule has 16 heavy (non-hydrogen) atoms. The lowest BCUT2D eigenvalue weighted by Gasteiger charge is -1.98. The fraction of sp³-hybridized carbons (Fsp3) is 0.143. The van der Waals surface area contributed by atoms with Crippen LogP contribution in [0.25, 0.3) is 10.9 Å². The lowest BCUT2D eigenvalue weighted by molar-refractivity contribution is 0.103. The minimum Gasteiger partial charge on any atom is -0.360 e. The number of ketones is 1. The standard InChI is InChI=1S/C14H13NO/c1-4-9(2)14(16)12-8-15-13-10(3)6-5-7-11(12)13/h5-8,15H,1H2,2-3H3. The molecule has 0 unspecified atom stereocenters. The first kappa shape index (κ1) is 10.5. The molecule has 0 saturated carbocycles. The number of H-pyrrole nitrogens is 1. The molecule has 1 aromatic heterocycles. The Kier molecular flexibility index (Phi) is 2.51. The molecule has 0 saturated heterocycles. The smallest absolute Gasteiger partial charge is 0.198 e. The molecule has 2 heteroatoms. The van der Waals surface area contributed by atoms with E-state index >= 15 is 0 Å². The molecule has 0 bridgehead atoms. The highest BCUT2D eigenvalue weighted by Gasteiger charge is 2.13. The Bertz CT molecular complexity index is 613. The monoisotopic (exact) mass is 211 g/mol. The zero-order valence-electron chi connectivity index (χ0n) is 9.42. The molecule has 0 atom stereocenters. The van der Waals surface area contributed by atoms with Crippen LogP contribution in [0.5, 0.6) is 0 Å². The third-order valence-electron chi connectivity index (χ3n) is 2.77. The molecular weight excluding hydrogens is 198 g/mol. The molecule has 0 spiro atoms. The van der Waals surface area contributed by atoms with Gasteiger partial charge in [-0.15, -0.1) is 5.73 Å². The SMILES string of the molecule is C=C=C(C)C(=O)c1c[nH]c2c(C)cccc12. The summed E-state index contributed by atoms with van der Waals surface area (Å²) in [6.07, 6.45) is 1.75. The van der Waals surface area contributed by atoms with Gasteiger partial charge in [-0.25, -0.2) is 0 Å². The first-order valence-electron chi connectivity index (χ1n) is 5.13. The third-order valence-corrected chi connectivity index (χ3v) is 2.77. The van der Waals surface area contributed by atoms with Crippen molar-refractivity contribution in [3.05, 3.63) is 53.4 Å². The second kappa shape index (κ2) is 3.84. The Morgan fingerprint density at radius 1 is 1.44 bits per heavy atom. The van der Waals surface area contributed by atoms with Crippen molar-refractivity contribution >= 4 is 16.7 Å². The topological polar surface area (TPSA) is 32.9 Å². The maximum atomic E-state index is 12.0. The lowest BCUT2D eigenvalue weighted by atomic mass is 10.0. The number of nitrogens with one attached hydrogen (secondary N) is 1. The van der Waals surface area contributed by atoms with Crippen LogP contribution in [-0.2, 0) is 0 Å². The van der Waals surface area contributed by atoms with Crippen molar-refractivity contribution in [2.45, 2.75) is 13.8 Å². The predicted molar refractivity (Wildman–Crippen MR) is 65.7 cm³/mol. The number of carbonyl (C=O) groups excluding carboxylic acids is 1. The fourth-order valence-electron chi connectivity index (χ4n) is 1.78. The summed E-state index contributed by atoms with van der Waals surface area (Å²) in [6.45, 7) is 7.24. The van der Waals surface area contributed by atoms with E-state index in [1.807, 2.05) is 25.1 Å². The van der Waals surface area contributed by atoms with Gasteiger partial charge in [0.05, 0.1) is 0 Å². The van der Waals surface area contributed by atoms with Crippen LogP contribution in [0.2, 0.25) is 0 Å². The largest absolute Gasteiger partial charge is 0.360 e. The minimum atomic E-state index is -0.0214. The van der Waals surface area contributed by atoms with Crippen LogP contribution in [0.15, 0.2) is 42.3 Å². The number of hydrogen-bond donors (Lipinski definition) is 1. The van der Waals surface area contributed by atoms with Gasteiger partial charge in [0, 0.05) is 28.2 Å². The highest BCUT2D eigenvalue weighted by molar-refractivity contribution is 6.16. The second-order valence-corrected chi connectivity index (χ2v) is 3.83. The van der Waals surface area contributed by atoms with E-state index in [2.05, 4.69) is 17.3 Å². The summed E-state index contributed by atoms with van der Waals surface area (Å²) >= 11 is 0. The Morgan fingerprint density at radius 2 is 2.19 bits per heavy atom. The van der Waals surface area contributed by atoms with E-state index < -0.39 is 0 Å². The van der Waals surface area contributed by atoms with Crippen LogP contribution in [0.3, 0.4) is 0 Å². The van der Waals surface area contributed by atoms with Gasteiger partial charge in [-0.2, -0.15) is 0 Å². The zero-order valence-corrected chi connectivity index (χ0v) is 9.42. The lowest BCUT2D eigenvalue weighted by Crippen LogP contribution is -1.98. The fourth-order valence-corrected chi connectivity index (χ4v) is 1.78. The van der Waals surface area contributed by atoms with Crippen LogP contribution in [0.4, 0.5) is 0 Å². The summed E-state index contributed by atoms with van der Waals surface area (Å²) in [5, 5.41) is 0.958. The summed E-state index contributed by atoms with van der Waals surface area (Å²) in [5.74, 6) is -0.0214. The molecule has 0 aliphatic heterocycles. The maximum Gasteiger partial charge on any atom is 0.198 e. The average Bonchev–Trinajstić information content (AvgIpc) is 2.72. The quantitative estimate of drug-likeness (QED) is 0.461. The molecule has 0 amide bonds. The molecular formula is C14H13NO. The summed E-state index contributed by atoms with van der Waals surface area (Å²) in [7, 11) is 0. The van der Waals surface area contributed by atoms with E-state index in [1.54, 1.807) is 13.1 Å². The van der Waals surface area contributed by atoms with E-state index in [4.69, 9.17) is 0 Å². The number of benzene rings is 1. The van der Waals surface area contributed by atoms with Crippen molar-refractivity contribution in [1.29, 1.82) is 0 Å². The minimum absolute atomic E-state index is 0.0214. The van der Waals surface area contributed by atoms with E-state index in [1.165, 1.54) is 0 Å². The van der Waals surface area contributed by atoms with Crippen molar-refractivity contribution in [3.8, 4) is 0 Å². The number of allylic oxidation sites excluding steroid dienone is 1. The van der Waals surface area contributed by atoms with Gasteiger partial charge < -0.3 is 4.98 Å². The normalized spacial score (nSPS) is 10.1. The summed E-state index contributed by atoms with van der Waals surface area (Å²) in [4.78, 5) is 15.1. The van der Waals surface area contributed by atoms with E-state index in [0.717, 1.165) is 16.5 Å². The van der Waals surface area contributed by atoms with Crippen molar-refractivity contribution in [3.63, 3.8) is 0 Å². The van der Waals surface area contributed by atoms with E-state index in [0.29, 0.717) is 11.1 Å². The number of carbonyl (C=O) groups is 1. The van der Waals surface area contributed by atoms with Gasteiger partial charge in [0.1, 0.15) is 0 Å². The number of aromatic nitrogens is 1. The van der Waals surface area contributed by atoms with Crippen LogP contribution < -0.4 is 0 Å². The number of rotatable bonds is 2. The highest BCUT2D eigenvalue weighted by atomic mass is 16.1. The summed E-state index contributed by atoms with van der Waals surface area (Å²) < 4.78 is 0. The molecule has 1 aromatic carbocycles. The molecule has 2 rings (SSSR count). The average molecular weight is 211 g/mol. The maximum absolute atomic E-state index is 12.0. The van der Waals surface area contributed by atoms with Crippen LogP contribution >= 0.6 is 0 Å². The van der Waals surface area contributed by atoms with Gasteiger partial charge in [-0.1, -0.05) is 24.8 Å². The first-order valence-corrected chi connectivity index (χ1v) is 5.13. The second-order valence-electron chi connectivity index (χ2n) is 3.83. The number of Topliss-reactive ketones (excluding diaryl/α,β-unsaturated/α-hetero) is 1. The molecule has 80 valence electrons. The Morgan fingerprint density at radius 3 is 2.88 bits per heavy atom. The molecule has 2 aromatic rings. The van der Waals surface area contributed by atoms with Crippen LogP contribution in [0, 0.1) is 6.92 Å². The van der Waals surface area contributed by atoms with Crippen molar-refractivity contribution in [2.75, 3.05) is 0 Å². The van der Waals surface area contributed by atoms with Gasteiger partial charge in [-0.3, -0.25) is 4.79 Å². The van der Waals surface area contributed by atoms with Gasteiger partial charge in [0.25, 0.3) is 0 Å². The van der Waals surface area contributed by atoms with Gasteiger partial charge in [0.15, 0.2) is 5.78 Å². The highest BCUT2D eigenvalue weighted by Crippen LogP contribution is 2.22.